The molecule has 0 saturated carbocycles. The van der Waals surface area contributed by atoms with Crippen LogP contribution >= 0.6 is 0 Å². The van der Waals surface area contributed by atoms with E-state index < -0.39 is 18.0 Å². The lowest BCUT2D eigenvalue weighted by Gasteiger charge is -2.13. The summed E-state index contributed by atoms with van der Waals surface area (Å²) in [5.74, 6) is -0.372. The van der Waals surface area contributed by atoms with Gasteiger partial charge in [0.25, 0.3) is 5.91 Å². The average Bonchev–Trinajstić information content (AvgIpc) is 3.06. The summed E-state index contributed by atoms with van der Waals surface area (Å²) in [6, 6.07) is 16.2. The molecule has 0 spiro atoms. The molecule has 1 heterocycles. The fraction of sp³-hybridized carbons (Fsp3) is 0.158. The van der Waals surface area contributed by atoms with E-state index in [1.807, 2.05) is 24.3 Å². The van der Waals surface area contributed by atoms with Crippen molar-refractivity contribution < 1.29 is 19.1 Å². The number of H-pyrrole nitrogens is 1. The van der Waals surface area contributed by atoms with Crippen LogP contribution in [0.2, 0.25) is 0 Å². The maximum atomic E-state index is 12.2. The van der Waals surface area contributed by atoms with Gasteiger partial charge in [-0.2, -0.15) is 0 Å². The number of amides is 1. The van der Waals surface area contributed by atoms with Crippen molar-refractivity contribution in [3.63, 3.8) is 0 Å². The van der Waals surface area contributed by atoms with E-state index in [4.69, 9.17) is 9.47 Å². The SMILES string of the molecule is COc1cccc(NC(=O)[C@H](C)OC(=O)c2cc3ccccc3[nH]2)c1. The number of para-hydroxylation sites is 1. The number of methoxy groups -OCH3 is 1. The number of carbonyl (C=O) groups excluding carboxylic acids is 2. The molecule has 0 aliphatic rings. The molecule has 1 aromatic heterocycles. The molecule has 0 aliphatic heterocycles. The average molecular weight is 338 g/mol. The molecule has 3 rings (SSSR count). The summed E-state index contributed by atoms with van der Waals surface area (Å²) in [7, 11) is 1.55. The topological polar surface area (TPSA) is 80.4 Å². The molecule has 0 fully saturated rings. The standard InChI is InChI=1S/C19H18N2O4/c1-12(18(22)20-14-7-5-8-15(11-14)24-2)25-19(23)17-10-13-6-3-4-9-16(13)21-17/h3-12,21H,1-2H3,(H,20,22)/t12-/m0/s1. The van der Waals surface area contributed by atoms with Crippen LogP contribution in [0.3, 0.4) is 0 Å². The van der Waals surface area contributed by atoms with Crippen LogP contribution in [-0.4, -0.2) is 30.1 Å². The third-order valence-electron chi connectivity index (χ3n) is 3.74. The molecule has 0 saturated heterocycles. The Kier molecular flexibility index (Phi) is 4.70. The normalized spacial score (nSPS) is 11.8. The van der Waals surface area contributed by atoms with E-state index in [0.717, 1.165) is 10.9 Å². The van der Waals surface area contributed by atoms with Gasteiger partial charge in [-0.05, 0) is 31.2 Å². The van der Waals surface area contributed by atoms with Crippen LogP contribution in [0.15, 0.2) is 54.6 Å². The maximum Gasteiger partial charge on any atom is 0.355 e. The van der Waals surface area contributed by atoms with Crippen molar-refractivity contribution in [2.75, 3.05) is 12.4 Å². The van der Waals surface area contributed by atoms with E-state index in [2.05, 4.69) is 10.3 Å². The lowest BCUT2D eigenvalue weighted by atomic mass is 10.2. The number of aromatic nitrogens is 1. The van der Waals surface area contributed by atoms with Gasteiger partial charge in [0.05, 0.1) is 7.11 Å². The molecule has 0 unspecified atom stereocenters. The van der Waals surface area contributed by atoms with E-state index >= 15 is 0 Å². The summed E-state index contributed by atoms with van der Waals surface area (Å²) in [6.07, 6.45) is -0.940. The number of nitrogens with one attached hydrogen (secondary N) is 2. The molecule has 6 heteroatoms. The molecule has 2 N–H and O–H groups in total. The molecule has 1 amide bonds. The zero-order valence-electron chi connectivity index (χ0n) is 13.9. The molecule has 0 aliphatic carbocycles. The van der Waals surface area contributed by atoms with Crippen LogP contribution in [0.25, 0.3) is 10.9 Å². The highest BCUT2D eigenvalue weighted by atomic mass is 16.5. The Labute approximate surface area is 144 Å². The van der Waals surface area contributed by atoms with Gasteiger partial charge in [0.1, 0.15) is 11.4 Å². The first-order chi connectivity index (χ1) is 12.1. The van der Waals surface area contributed by atoms with Crippen LogP contribution in [0.5, 0.6) is 5.75 Å². The first kappa shape index (κ1) is 16.6. The van der Waals surface area contributed by atoms with Crippen LogP contribution in [-0.2, 0) is 9.53 Å². The van der Waals surface area contributed by atoms with E-state index in [1.165, 1.54) is 6.92 Å². The molecular formula is C19H18N2O4. The number of fused-ring (bicyclic) bond motifs is 1. The Hall–Kier alpha value is -3.28. The molecule has 3 aromatic rings. The lowest BCUT2D eigenvalue weighted by Crippen LogP contribution is -2.30. The fourth-order valence-corrected chi connectivity index (χ4v) is 2.41. The summed E-state index contributed by atoms with van der Waals surface area (Å²) in [6.45, 7) is 1.52. The summed E-state index contributed by atoms with van der Waals surface area (Å²) >= 11 is 0. The summed E-state index contributed by atoms with van der Waals surface area (Å²) < 4.78 is 10.4. The highest BCUT2D eigenvalue weighted by Gasteiger charge is 2.20. The molecule has 25 heavy (non-hydrogen) atoms. The van der Waals surface area contributed by atoms with Gasteiger partial charge in [-0.25, -0.2) is 4.79 Å². The molecule has 0 bridgehead atoms. The first-order valence-corrected chi connectivity index (χ1v) is 7.80. The lowest BCUT2D eigenvalue weighted by molar-refractivity contribution is -0.123. The first-order valence-electron chi connectivity index (χ1n) is 7.80. The highest BCUT2D eigenvalue weighted by Crippen LogP contribution is 2.18. The zero-order valence-corrected chi connectivity index (χ0v) is 13.9. The number of hydrogen-bond acceptors (Lipinski definition) is 4. The minimum absolute atomic E-state index is 0.308. The van der Waals surface area contributed by atoms with E-state index in [-0.39, 0.29) is 0 Å². The van der Waals surface area contributed by atoms with E-state index in [1.54, 1.807) is 37.4 Å². The number of anilines is 1. The molecule has 2 aromatic carbocycles. The second-order valence-electron chi connectivity index (χ2n) is 5.54. The summed E-state index contributed by atoms with van der Waals surface area (Å²) in [4.78, 5) is 27.4. The molecule has 6 nitrogen and oxygen atoms in total. The third kappa shape index (κ3) is 3.80. The zero-order chi connectivity index (χ0) is 17.8. The largest absolute Gasteiger partial charge is 0.497 e. The van der Waals surface area contributed by atoms with Crippen LogP contribution < -0.4 is 10.1 Å². The van der Waals surface area contributed by atoms with Gasteiger partial charge in [-0.15, -0.1) is 0 Å². The molecule has 128 valence electrons. The van der Waals surface area contributed by atoms with Crippen molar-refractivity contribution in [2.45, 2.75) is 13.0 Å². The predicted octanol–water partition coefficient (Wildman–Crippen LogP) is 3.36. The monoisotopic (exact) mass is 338 g/mol. The van der Waals surface area contributed by atoms with Crippen molar-refractivity contribution >= 4 is 28.5 Å². The van der Waals surface area contributed by atoms with Crippen molar-refractivity contribution in [3.05, 3.63) is 60.3 Å². The quantitative estimate of drug-likeness (QED) is 0.699. The number of benzene rings is 2. The van der Waals surface area contributed by atoms with Gasteiger partial charge in [0.15, 0.2) is 6.10 Å². The number of rotatable bonds is 5. The maximum absolute atomic E-state index is 12.2. The Morgan fingerprint density at radius 1 is 1.08 bits per heavy atom. The van der Waals surface area contributed by atoms with E-state index in [0.29, 0.717) is 17.1 Å². The molecule has 1 atom stereocenters. The summed E-state index contributed by atoms with van der Waals surface area (Å²) in [5.41, 5.74) is 1.71. The van der Waals surface area contributed by atoms with Crippen molar-refractivity contribution in [3.8, 4) is 5.75 Å². The van der Waals surface area contributed by atoms with Gasteiger partial charge in [-0.3, -0.25) is 4.79 Å². The fourth-order valence-electron chi connectivity index (χ4n) is 2.41. The van der Waals surface area contributed by atoms with Gasteiger partial charge in [-0.1, -0.05) is 24.3 Å². The Bertz CT molecular complexity index is 883. The van der Waals surface area contributed by atoms with Crippen molar-refractivity contribution in [1.82, 2.24) is 4.98 Å². The van der Waals surface area contributed by atoms with Crippen molar-refractivity contribution in [1.29, 1.82) is 0 Å². The Morgan fingerprint density at radius 3 is 2.64 bits per heavy atom. The van der Waals surface area contributed by atoms with Gasteiger partial charge >= 0.3 is 5.97 Å². The van der Waals surface area contributed by atoms with Gasteiger partial charge < -0.3 is 19.8 Å². The van der Waals surface area contributed by atoms with E-state index in [9.17, 15) is 9.59 Å². The summed E-state index contributed by atoms with van der Waals surface area (Å²) in [5, 5.41) is 3.60. The smallest absolute Gasteiger partial charge is 0.355 e. The van der Waals surface area contributed by atoms with Gasteiger partial charge in [0.2, 0.25) is 0 Å². The Balaban J connectivity index is 1.65. The number of carbonyl (C=O) groups is 2. The van der Waals surface area contributed by atoms with Gasteiger partial charge in [0, 0.05) is 22.7 Å². The minimum atomic E-state index is -0.940. The molecular weight excluding hydrogens is 320 g/mol. The molecule has 0 radical (unpaired) electrons. The van der Waals surface area contributed by atoms with Crippen molar-refractivity contribution in [2.24, 2.45) is 0 Å². The number of aromatic amines is 1. The predicted molar refractivity (Wildman–Crippen MR) is 94.8 cm³/mol. The van der Waals surface area contributed by atoms with Crippen LogP contribution in [0.1, 0.15) is 17.4 Å². The second-order valence-corrected chi connectivity index (χ2v) is 5.54. The van der Waals surface area contributed by atoms with Crippen LogP contribution in [0.4, 0.5) is 5.69 Å². The number of hydrogen-bond donors (Lipinski definition) is 2. The minimum Gasteiger partial charge on any atom is -0.497 e. The highest BCUT2D eigenvalue weighted by molar-refractivity contribution is 5.98. The third-order valence-corrected chi connectivity index (χ3v) is 3.74. The van der Waals surface area contributed by atoms with Crippen LogP contribution in [0, 0.1) is 0 Å². The number of esters is 1. The number of ether oxygens (including phenoxy) is 2. The Morgan fingerprint density at radius 2 is 1.88 bits per heavy atom. The second kappa shape index (κ2) is 7.09.